The Balaban J connectivity index is 1.81. The zero-order chi connectivity index (χ0) is 18.1. The Morgan fingerprint density at radius 2 is 1.60 bits per heavy atom. The fourth-order valence-corrected chi connectivity index (χ4v) is 3.07. The molecule has 25 heavy (non-hydrogen) atoms. The van der Waals surface area contributed by atoms with E-state index in [1.807, 2.05) is 0 Å². The van der Waals surface area contributed by atoms with Gasteiger partial charge < -0.3 is 23.8 Å². The van der Waals surface area contributed by atoms with Gasteiger partial charge in [-0.15, -0.1) is 0 Å². The van der Waals surface area contributed by atoms with E-state index in [0.717, 1.165) is 19.4 Å². The van der Waals surface area contributed by atoms with Crippen LogP contribution in [-0.2, 0) is 4.74 Å². The first-order chi connectivity index (χ1) is 12.2. The summed E-state index contributed by atoms with van der Waals surface area (Å²) in [4.78, 5) is 14.8. The van der Waals surface area contributed by atoms with E-state index in [2.05, 4.69) is 4.90 Å². The van der Waals surface area contributed by atoms with Crippen molar-refractivity contribution in [3.63, 3.8) is 0 Å². The maximum Gasteiger partial charge on any atom is 0.338 e. The summed E-state index contributed by atoms with van der Waals surface area (Å²) in [7, 11) is 4.57. The molecule has 0 unspecified atom stereocenters. The van der Waals surface area contributed by atoms with E-state index in [9.17, 15) is 4.79 Å². The van der Waals surface area contributed by atoms with Crippen LogP contribution in [-0.4, -0.2) is 58.4 Å². The summed E-state index contributed by atoms with van der Waals surface area (Å²) in [6, 6.07) is 3.22. The number of ether oxygens (including phenoxy) is 4. The molecule has 1 aromatic carbocycles. The van der Waals surface area contributed by atoms with Crippen molar-refractivity contribution in [2.45, 2.75) is 32.1 Å². The number of hydrogen-bond donors (Lipinski definition) is 0. The lowest BCUT2D eigenvalue weighted by atomic mass is 10.1. The van der Waals surface area contributed by atoms with E-state index < -0.39 is 0 Å². The van der Waals surface area contributed by atoms with Crippen molar-refractivity contribution in [2.75, 3.05) is 47.6 Å². The molecule has 6 nitrogen and oxygen atoms in total. The van der Waals surface area contributed by atoms with Crippen molar-refractivity contribution in [1.82, 2.24) is 4.90 Å². The zero-order valence-electron chi connectivity index (χ0n) is 15.5. The van der Waals surface area contributed by atoms with Gasteiger partial charge in [0.05, 0.1) is 33.5 Å². The molecule has 1 aliphatic rings. The lowest BCUT2D eigenvalue weighted by Gasteiger charge is -2.26. The molecule has 0 saturated carbocycles. The number of unbranched alkanes of at least 4 members (excludes halogenated alkanes) is 1. The number of benzene rings is 1. The summed E-state index contributed by atoms with van der Waals surface area (Å²) < 4.78 is 21.2. The molecule has 0 aromatic heterocycles. The minimum absolute atomic E-state index is 0.378. The van der Waals surface area contributed by atoms with Crippen LogP contribution in [0.3, 0.4) is 0 Å². The zero-order valence-corrected chi connectivity index (χ0v) is 15.5. The van der Waals surface area contributed by atoms with E-state index in [1.54, 1.807) is 12.1 Å². The summed E-state index contributed by atoms with van der Waals surface area (Å²) in [5.41, 5.74) is 0.394. The third-order valence-corrected chi connectivity index (χ3v) is 4.45. The fraction of sp³-hybridized carbons (Fsp3) is 0.632. The van der Waals surface area contributed by atoms with E-state index in [-0.39, 0.29) is 5.97 Å². The smallest absolute Gasteiger partial charge is 0.338 e. The third-order valence-electron chi connectivity index (χ3n) is 4.45. The van der Waals surface area contributed by atoms with Gasteiger partial charge in [0, 0.05) is 0 Å². The predicted octanol–water partition coefficient (Wildman–Crippen LogP) is 3.14. The van der Waals surface area contributed by atoms with Gasteiger partial charge in [-0.2, -0.15) is 0 Å². The van der Waals surface area contributed by atoms with Gasteiger partial charge in [-0.05, 0) is 57.5 Å². The highest BCUT2D eigenvalue weighted by Crippen LogP contribution is 2.38. The van der Waals surface area contributed by atoms with Gasteiger partial charge >= 0.3 is 5.97 Å². The molecule has 0 bridgehead atoms. The molecule has 0 atom stereocenters. The Bertz CT molecular complexity index is 530. The molecule has 0 spiro atoms. The van der Waals surface area contributed by atoms with Gasteiger partial charge in [-0.1, -0.05) is 6.42 Å². The Kier molecular flexibility index (Phi) is 7.85. The number of likely N-dealkylation sites (tertiary alicyclic amines) is 1. The van der Waals surface area contributed by atoms with Crippen LogP contribution in [0.25, 0.3) is 0 Å². The lowest BCUT2D eigenvalue weighted by Crippen LogP contribution is -2.30. The molecular weight excluding hydrogens is 322 g/mol. The van der Waals surface area contributed by atoms with Crippen LogP contribution >= 0.6 is 0 Å². The minimum atomic E-state index is -0.378. The lowest BCUT2D eigenvalue weighted by molar-refractivity contribution is 0.0493. The third kappa shape index (κ3) is 5.53. The Morgan fingerprint density at radius 3 is 2.16 bits per heavy atom. The molecule has 0 amide bonds. The summed E-state index contributed by atoms with van der Waals surface area (Å²) in [5, 5.41) is 0. The van der Waals surface area contributed by atoms with Gasteiger partial charge in [0.25, 0.3) is 0 Å². The molecule has 6 heteroatoms. The minimum Gasteiger partial charge on any atom is -0.493 e. The number of rotatable bonds is 9. The largest absolute Gasteiger partial charge is 0.493 e. The SMILES string of the molecule is COc1cc(C(=O)OCCCCN2CCCCC2)cc(OC)c1OC. The Hall–Kier alpha value is -1.95. The topological polar surface area (TPSA) is 57.2 Å². The second-order valence-corrected chi connectivity index (χ2v) is 6.16. The number of esters is 1. The van der Waals surface area contributed by atoms with Crippen LogP contribution in [0.5, 0.6) is 17.2 Å². The average Bonchev–Trinajstić information content (AvgIpc) is 2.67. The van der Waals surface area contributed by atoms with E-state index in [0.29, 0.717) is 29.4 Å². The van der Waals surface area contributed by atoms with E-state index in [4.69, 9.17) is 18.9 Å². The first-order valence-electron chi connectivity index (χ1n) is 8.89. The highest BCUT2D eigenvalue weighted by atomic mass is 16.5. The quantitative estimate of drug-likeness (QED) is 0.503. The molecule has 1 heterocycles. The maximum absolute atomic E-state index is 12.3. The maximum atomic E-state index is 12.3. The van der Waals surface area contributed by atoms with Crippen LogP contribution in [0, 0.1) is 0 Å². The highest BCUT2D eigenvalue weighted by molar-refractivity contribution is 5.91. The average molecular weight is 351 g/mol. The molecule has 1 aromatic rings. The number of methoxy groups -OCH3 is 3. The van der Waals surface area contributed by atoms with Crippen molar-refractivity contribution in [1.29, 1.82) is 0 Å². The molecule has 1 aliphatic heterocycles. The van der Waals surface area contributed by atoms with E-state index >= 15 is 0 Å². The number of carbonyl (C=O) groups is 1. The first kappa shape index (κ1) is 19.4. The number of hydrogen-bond acceptors (Lipinski definition) is 6. The first-order valence-corrected chi connectivity index (χ1v) is 8.89. The van der Waals surface area contributed by atoms with Gasteiger partial charge in [-0.25, -0.2) is 4.79 Å². The van der Waals surface area contributed by atoms with Gasteiger partial charge in [0.1, 0.15) is 0 Å². The molecule has 2 rings (SSSR count). The number of piperidine rings is 1. The van der Waals surface area contributed by atoms with Crippen molar-refractivity contribution in [3.05, 3.63) is 17.7 Å². The van der Waals surface area contributed by atoms with Crippen molar-refractivity contribution < 1.29 is 23.7 Å². The van der Waals surface area contributed by atoms with Gasteiger partial charge in [-0.3, -0.25) is 0 Å². The predicted molar refractivity (Wildman–Crippen MR) is 95.9 cm³/mol. The highest BCUT2D eigenvalue weighted by Gasteiger charge is 2.18. The number of carbonyl (C=O) groups excluding carboxylic acids is 1. The Labute approximate surface area is 150 Å². The van der Waals surface area contributed by atoms with E-state index in [1.165, 1.54) is 53.7 Å². The molecule has 1 fully saturated rings. The van der Waals surface area contributed by atoms with Crippen LogP contribution < -0.4 is 14.2 Å². The second-order valence-electron chi connectivity index (χ2n) is 6.16. The Morgan fingerprint density at radius 1 is 0.960 bits per heavy atom. The molecule has 1 saturated heterocycles. The molecule has 0 radical (unpaired) electrons. The normalized spacial score (nSPS) is 14.8. The van der Waals surface area contributed by atoms with Crippen LogP contribution in [0.2, 0.25) is 0 Å². The molecule has 0 N–H and O–H groups in total. The van der Waals surface area contributed by atoms with Gasteiger partial charge in [0.2, 0.25) is 5.75 Å². The van der Waals surface area contributed by atoms with Crippen molar-refractivity contribution >= 4 is 5.97 Å². The fourth-order valence-electron chi connectivity index (χ4n) is 3.07. The summed E-state index contributed by atoms with van der Waals surface area (Å²) in [6.45, 7) is 3.90. The molecule has 140 valence electrons. The van der Waals surface area contributed by atoms with Crippen LogP contribution in [0.4, 0.5) is 0 Å². The molecular formula is C19H29NO5. The van der Waals surface area contributed by atoms with Crippen LogP contribution in [0.15, 0.2) is 12.1 Å². The monoisotopic (exact) mass is 351 g/mol. The van der Waals surface area contributed by atoms with Crippen LogP contribution in [0.1, 0.15) is 42.5 Å². The number of nitrogens with zero attached hydrogens (tertiary/aromatic N) is 1. The second kappa shape index (κ2) is 10.1. The summed E-state index contributed by atoms with van der Waals surface area (Å²) in [5.74, 6) is 0.970. The van der Waals surface area contributed by atoms with Crippen molar-refractivity contribution in [2.24, 2.45) is 0 Å². The molecule has 0 aliphatic carbocycles. The van der Waals surface area contributed by atoms with Crippen molar-refractivity contribution in [3.8, 4) is 17.2 Å². The standard InChI is InChI=1S/C19H29NO5/c1-22-16-13-15(14-17(23-2)18(16)24-3)19(21)25-12-8-7-11-20-9-5-4-6-10-20/h13-14H,4-12H2,1-3H3. The van der Waals surface area contributed by atoms with Gasteiger partial charge in [0.15, 0.2) is 11.5 Å². The summed E-state index contributed by atoms with van der Waals surface area (Å²) in [6.07, 6.45) is 5.87. The summed E-state index contributed by atoms with van der Waals surface area (Å²) >= 11 is 0.